The number of rotatable bonds is 4. The lowest BCUT2D eigenvalue weighted by atomic mass is 9.90. The summed E-state index contributed by atoms with van der Waals surface area (Å²) in [7, 11) is 0. The molecule has 2 aliphatic heterocycles. The van der Waals surface area contributed by atoms with Crippen molar-refractivity contribution in [3.63, 3.8) is 0 Å². The molecule has 23 heavy (non-hydrogen) atoms. The smallest absolute Gasteiger partial charge is 0.251 e. The van der Waals surface area contributed by atoms with E-state index in [2.05, 4.69) is 24.1 Å². The zero-order valence-corrected chi connectivity index (χ0v) is 14.3. The minimum atomic E-state index is -0.0101. The van der Waals surface area contributed by atoms with Gasteiger partial charge in [-0.2, -0.15) is 0 Å². The molecule has 0 bridgehead atoms. The van der Waals surface area contributed by atoms with Gasteiger partial charge in [-0.1, -0.05) is 18.2 Å². The summed E-state index contributed by atoms with van der Waals surface area (Å²) >= 11 is 0. The van der Waals surface area contributed by atoms with Crippen molar-refractivity contribution in [1.82, 2.24) is 10.2 Å². The molecule has 0 unspecified atom stereocenters. The van der Waals surface area contributed by atoms with Gasteiger partial charge in [0.05, 0.1) is 11.7 Å². The van der Waals surface area contributed by atoms with Crippen molar-refractivity contribution in [2.24, 2.45) is 0 Å². The van der Waals surface area contributed by atoms with Gasteiger partial charge in [-0.05, 0) is 51.7 Å². The van der Waals surface area contributed by atoms with Crippen molar-refractivity contribution in [3.05, 3.63) is 35.9 Å². The Morgan fingerprint density at radius 2 is 2.13 bits per heavy atom. The Labute approximate surface area is 139 Å². The van der Waals surface area contributed by atoms with Crippen molar-refractivity contribution in [3.8, 4) is 0 Å². The third-order valence-electron chi connectivity index (χ3n) is 5.18. The van der Waals surface area contributed by atoms with E-state index in [1.165, 1.54) is 6.42 Å². The van der Waals surface area contributed by atoms with Gasteiger partial charge in [-0.25, -0.2) is 0 Å². The standard InChI is InChI=1S/C19H28N2O2/c1-15(2)21-12-11-19(14-21)10-6-9-17(23-19)13-20-18(22)16-7-4-3-5-8-16/h3-5,7-8,15,17H,6,9-14H2,1-2H3,(H,20,22)/t17-,19-/m0/s1. The number of ether oxygens (including phenoxy) is 1. The SMILES string of the molecule is CC(C)N1CC[C@@]2(CCC[C@@H](CNC(=O)c3ccccc3)O2)C1. The Bertz CT molecular complexity index is 531. The number of hydrogen-bond acceptors (Lipinski definition) is 3. The minimum absolute atomic E-state index is 0.0101. The van der Waals surface area contributed by atoms with E-state index in [-0.39, 0.29) is 17.6 Å². The fraction of sp³-hybridized carbons (Fsp3) is 0.632. The summed E-state index contributed by atoms with van der Waals surface area (Å²) in [6, 6.07) is 9.97. The average Bonchev–Trinajstić information content (AvgIpc) is 2.97. The molecule has 1 aromatic rings. The number of carbonyl (C=O) groups is 1. The van der Waals surface area contributed by atoms with Crippen molar-refractivity contribution < 1.29 is 9.53 Å². The van der Waals surface area contributed by atoms with Crippen LogP contribution in [0.4, 0.5) is 0 Å². The number of nitrogens with one attached hydrogen (secondary N) is 1. The molecule has 2 aliphatic rings. The van der Waals surface area contributed by atoms with Crippen LogP contribution in [-0.2, 0) is 4.74 Å². The van der Waals surface area contributed by atoms with Crippen LogP contribution in [0.1, 0.15) is 49.9 Å². The highest BCUT2D eigenvalue weighted by molar-refractivity contribution is 5.94. The predicted molar refractivity (Wildman–Crippen MR) is 91.6 cm³/mol. The second-order valence-corrected chi connectivity index (χ2v) is 7.21. The van der Waals surface area contributed by atoms with Crippen molar-refractivity contribution in [1.29, 1.82) is 0 Å². The highest BCUT2D eigenvalue weighted by Crippen LogP contribution is 2.37. The van der Waals surface area contributed by atoms with Gasteiger partial charge in [0.1, 0.15) is 0 Å². The summed E-state index contributed by atoms with van der Waals surface area (Å²) in [6.45, 7) is 7.27. The van der Waals surface area contributed by atoms with E-state index in [4.69, 9.17) is 4.74 Å². The quantitative estimate of drug-likeness (QED) is 0.929. The Morgan fingerprint density at radius 1 is 1.35 bits per heavy atom. The molecule has 1 spiro atoms. The Morgan fingerprint density at radius 3 is 2.83 bits per heavy atom. The van der Waals surface area contributed by atoms with Gasteiger partial charge >= 0.3 is 0 Å². The van der Waals surface area contributed by atoms with Crippen LogP contribution in [-0.4, -0.2) is 48.2 Å². The minimum Gasteiger partial charge on any atom is -0.369 e. The predicted octanol–water partition coefficient (Wildman–Crippen LogP) is 2.84. The molecule has 1 amide bonds. The second kappa shape index (κ2) is 7.02. The first-order valence-corrected chi connectivity index (χ1v) is 8.83. The average molecular weight is 316 g/mol. The summed E-state index contributed by atoms with van der Waals surface area (Å²) in [5.74, 6) is -0.0101. The van der Waals surface area contributed by atoms with Crippen LogP contribution in [0, 0.1) is 0 Å². The van der Waals surface area contributed by atoms with Crippen LogP contribution in [0.2, 0.25) is 0 Å². The molecule has 4 heteroatoms. The van der Waals surface area contributed by atoms with Gasteiger partial charge in [-0.3, -0.25) is 9.69 Å². The number of amides is 1. The van der Waals surface area contributed by atoms with Gasteiger partial charge in [0.25, 0.3) is 5.91 Å². The van der Waals surface area contributed by atoms with E-state index < -0.39 is 0 Å². The maximum Gasteiger partial charge on any atom is 0.251 e. The molecule has 1 aromatic carbocycles. The molecule has 0 radical (unpaired) electrons. The third kappa shape index (κ3) is 3.93. The van der Waals surface area contributed by atoms with Crippen LogP contribution in [0.3, 0.4) is 0 Å². The van der Waals surface area contributed by atoms with E-state index in [1.54, 1.807) is 0 Å². The fourth-order valence-electron chi connectivity index (χ4n) is 3.78. The molecule has 0 aromatic heterocycles. The number of hydrogen-bond donors (Lipinski definition) is 1. The molecule has 0 saturated carbocycles. The Kier molecular flexibility index (Phi) is 5.02. The van der Waals surface area contributed by atoms with E-state index in [0.717, 1.165) is 32.4 Å². The molecular weight excluding hydrogens is 288 g/mol. The van der Waals surface area contributed by atoms with Gasteiger partial charge in [-0.15, -0.1) is 0 Å². The fourth-order valence-corrected chi connectivity index (χ4v) is 3.78. The first-order chi connectivity index (χ1) is 11.1. The number of benzene rings is 1. The molecule has 2 atom stereocenters. The Hall–Kier alpha value is -1.39. The molecule has 2 fully saturated rings. The van der Waals surface area contributed by atoms with Gasteiger partial charge in [0, 0.05) is 31.2 Å². The van der Waals surface area contributed by atoms with Crippen molar-refractivity contribution in [2.75, 3.05) is 19.6 Å². The zero-order chi connectivity index (χ0) is 16.3. The van der Waals surface area contributed by atoms with E-state index >= 15 is 0 Å². The third-order valence-corrected chi connectivity index (χ3v) is 5.18. The molecule has 4 nitrogen and oxygen atoms in total. The molecule has 2 heterocycles. The van der Waals surface area contributed by atoms with Crippen LogP contribution in [0.5, 0.6) is 0 Å². The number of carbonyl (C=O) groups excluding carboxylic acids is 1. The topological polar surface area (TPSA) is 41.6 Å². The summed E-state index contributed by atoms with van der Waals surface area (Å²) in [4.78, 5) is 14.7. The van der Waals surface area contributed by atoms with Crippen LogP contribution < -0.4 is 5.32 Å². The second-order valence-electron chi connectivity index (χ2n) is 7.21. The Balaban J connectivity index is 1.52. The van der Waals surface area contributed by atoms with Crippen LogP contribution in [0.25, 0.3) is 0 Å². The number of nitrogens with zero attached hydrogens (tertiary/aromatic N) is 1. The van der Waals surface area contributed by atoms with E-state index in [1.807, 2.05) is 30.3 Å². The molecular formula is C19H28N2O2. The summed E-state index contributed by atoms with van der Waals surface area (Å²) < 4.78 is 6.45. The highest BCUT2D eigenvalue weighted by atomic mass is 16.5. The van der Waals surface area contributed by atoms with E-state index in [0.29, 0.717) is 18.2 Å². The zero-order valence-electron chi connectivity index (χ0n) is 14.3. The maximum atomic E-state index is 12.2. The molecule has 0 aliphatic carbocycles. The van der Waals surface area contributed by atoms with E-state index in [9.17, 15) is 4.79 Å². The van der Waals surface area contributed by atoms with Crippen LogP contribution in [0.15, 0.2) is 30.3 Å². The summed E-state index contributed by atoms with van der Waals surface area (Å²) in [5, 5.41) is 3.03. The maximum absolute atomic E-state index is 12.2. The normalized spacial score (nSPS) is 28.4. The first-order valence-electron chi connectivity index (χ1n) is 8.83. The summed E-state index contributed by atoms with van der Waals surface area (Å²) in [6.07, 6.45) is 4.65. The van der Waals surface area contributed by atoms with Gasteiger partial charge in [0.15, 0.2) is 0 Å². The monoisotopic (exact) mass is 316 g/mol. The first kappa shape index (κ1) is 16.5. The van der Waals surface area contributed by atoms with Crippen molar-refractivity contribution >= 4 is 5.91 Å². The molecule has 1 N–H and O–H groups in total. The van der Waals surface area contributed by atoms with Crippen LogP contribution >= 0.6 is 0 Å². The lowest BCUT2D eigenvalue weighted by molar-refractivity contribution is -0.119. The lowest BCUT2D eigenvalue weighted by Crippen LogP contribution is -2.47. The van der Waals surface area contributed by atoms with Crippen molar-refractivity contribution in [2.45, 2.75) is 57.3 Å². The lowest BCUT2D eigenvalue weighted by Gasteiger charge is -2.39. The largest absolute Gasteiger partial charge is 0.369 e. The van der Waals surface area contributed by atoms with Gasteiger partial charge < -0.3 is 10.1 Å². The number of likely N-dealkylation sites (tertiary alicyclic amines) is 1. The van der Waals surface area contributed by atoms with Gasteiger partial charge in [0.2, 0.25) is 0 Å². The summed E-state index contributed by atoms with van der Waals surface area (Å²) in [5.41, 5.74) is 0.731. The highest BCUT2D eigenvalue weighted by Gasteiger charge is 2.43. The molecule has 126 valence electrons. The molecule has 2 saturated heterocycles. The molecule has 3 rings (SSSR count).